The van der Waals surface area contributed by atoms with E-state index in [1.165, 1.54) is 0 Å². The van der Waals surface area contributed by atoms with E-state index in [2.05, 4.69) is 38.0 Å². The summed E-state index contributed by atoms with van der Waals surface area (Å²) in [6.45, 7) is 6.51. The van der Waals surface area contributed by atoms with Crippen LogP contribution in [0.4, 0.5) is 5.82 Å². The van der Waals surface area contributed by atoms with E-state index in [9.17, 15) is 5.11 Å². The fourth-order valence-corrected chi connectivity index (χ4v) is 4.13. The molecule has 0 saturated carbocycles. The lowest BCUT2D eigenvalue weighted by Crippen LogP contribution is -2.47. The summed E-state index contributed by atoms with van der Waals surface area (Å²) in [7, 11) is 0. The number of nitrogens with zero attached hydrogens (tertiary/aromatic N) is 6. The summed E-state index contributed by atoms with van der Waals surface area (Å²) in [5.41, 5.74) is 5.52. The van der Waals surface area contributed by atoms with Crippen molar-refractivity contribution in [2.24, 2.45) is 0 Å². The molecule has 154 valence electrons. The van der Waals surface area contributed by atoms with Crippen LogP contribution in [0.5, 0.6) is 0 Å². The highest BCUT2D eigenvalue weighted by atomic mass is 16.3. The summed E-state index contributed by atoms with van der Waals surface area (Å²) in [6, 6.07) is 12.4. The van der Waals surface area contributed by atoms with E-state index in [0.717, 1.165) is 72.4 Å². The molecule has 0 unspecified atom stereocenters. The minimum absolute atomic E-state index is 0.197. The minimum atomic E-state index is 0.197. The highest BCUT2D eigenvalue weighted by Gasteiger charge is 2.23. The molecule has 0 spiro atoms. The van der Waals surface area contributed by atoms with Gasteiger partial charge in [-0.2, -0.15) is 9.61 Å². The number of aromatic amines is 1. The molecule has 0 bridgehead atoms. The molecule has 4 heterocycles. The molecule has 3 aromatic heterocycles. The number of fused-ring (bicyclic) bond motifs is 1. The molecule has 8 heteroatoms. The van der Waals surface area contributed by atoms with E-state index < -0.39 is 0 Å². The van der Waals surface area contributed by atoms with Gasteiger partial charge < -0.3 is 15.0 Å². The summed E-state index contributed by atoms with van der Waals surface area (Å²) in [6.07, 6.45) is 3.56. The summed E-state index contributed by atoms with van der Waals surface area (Å²) in [5, 5.41) is 14.1. The van der Waals surface area contributed by atoms with Gasteiger partial charge in [-0.15, -0.1) is 0 Å². The van der Waals surface area contributed by atoms with Gasteiger partial charge in [0, 0.05) is 50.6 Å². The molecule has 0 radical (unpaired) electrons. The third-order valence-electron chi connectivity index (χ3n) is 5.68. The number of hydrogen-bond donors (Lipinski definition) is 2. The first-order valence-electron chi connectivity index (χ1n) is 10.3. The normalized spacial score (nSPS) is 15.2. The van der Waals surface area contributed by atoms with Crippen LogP contribution in [0.3, 0.4) is 0 Å². The van der Waals surface area contributed by atoms with Gasteiger partial charge in [0.2, 0.25) is 0 Å². The first kappa shape index (κ1) is 18.8. The second-order valence-corrected chi connectivity index (χ2v) is 7.57. The number of aliphatic hydroxyl groups is 1. The van der Waals surface area contributed by atoms with Gasteiger partial charge in [-0.25, -0.2) is 9.97 Å². The molecule has 1 aliphatic rings. The molecule has 1 saturated heterocycles. The third kappa shape index (κ3) is 3.34. The third-order valence-corrected chi connectivity index (χ3v) is 5.68. The number of H-pyrrole nitrogens is 1. The molecular formula is C22H25N7O. The smallest absolute Gasteiger partial charge is 0.167 e. The number of piperazine rings is 1. The average Bonchev–Trinajstić information content (AvgIpc) is 3.41. The fourth-order valence-electron chi connectivity index (χ4n) is 4.13. The first-order chi connectivity index (χ1) is 14.7. The highest BCUT2D eigenvalue weighted by Crippen LogP contribution is 2.31. The van der Waals surface area contributed by atoms with E-state index >= 15 is 0 Å². The average molecular weight is 403 g/mol. The maximum atomic E-state index is 9.24. The van der Waals surface area contributed by atoms with E-state index in [1.54, 1.807) is 6.33 Å². The predicted molar refractivity (Wildman–Crippen MR) is 116 cm³/mol. The van der Waals surface area contributed by atoms with E-state index in [4.69, 9.17) is 10.1 Å². The van der Waals surface area contributed by atoms with Crippen molar-refractivity contribution in [1.82, 2.24) is 29.5 Å². The Hall–Kier alpha value is -3.23. The van der Waals surface area contributed by atoms with Crippen LogP contribution in [0.1, 0.15) is 5.69 Å². The number of β-amino-alcohol motifs (C(OH)–C–C–N with tert-alkyl or cyclic N) is 1. The Balaban J connectivity index is 1.65. The first-order valence-corrected chi connectivity index (χ1v) is 10.3. The Kier molecular flexibility index (Phi) is 4.94. The minimum Gasteiger partial charge on any atom is -0.395 e. The van der Waals surface area contributed by atoms with Crippen LogP contribution in [-0.4, -0.2) is 73.9 Å². The largest absolute Gasteiger partial charge is 0.395 e. The van der Waals surface area contributed by atoms with Crippen LogP contribution in [-0.2, 0) is 0 Å². The van der Waals surface area contributed by atoms with E-state index in [1.807, 2.05) is 35.8 Å². The molecular weight excluding hydrogens is 378 g/mol. The van der Waals surface area contributed by atoms with Gasteiger partial charge in [0.15, 0.2) is 5.65 Å². The van der Waals surface area contributed by atoms with Gasteiger partial charge in [-0.3, -0.25) is 4.90 Å². The van der Waals surface area contributed by atoms with Gasteiger partial charge in [0.05, 0.1) is 35.6 Å². The molecule has 4 aromatic rings. The Morgan fingerprint density at radius 3 is 2.57 bits per heavy atom. The van der Waals surface area contributed by atoms with Crippen LogP contribution >= 0.6 is 0 Å². The van der Waals surface area contributed by atoms with Gasteiger partial charge in [0.1, 0.15) is 5.82 Å². The van der Waals surface area contributed by atoms with Crippen molar-refractivity contribution in [3.8, 4) is 22.5 Å². The topological polar surface area (TPSA) is 85.6 Å². The molecule has 5 rings (SSSR count). The Labute approximate surface area is 174 Å². The van der Waals surface area contributed by atoms with Crippen molar-refractivity contribution >= 4 is 11.5 Å². The molecule has 1 fully saturated rings. The maximum absolute atomic E-state index is 9.24. The van der Waals surface area contributed by atoms with Crippen LogP contribution in [0.2, 0.25) is 0 Å². The lowest BCUT2D eigenvalue weighted by molar-refractivity contribution is 0.188. The van der Waals surface area contributed by atoms with Gasteiger partial charge in [-0.1, -0.05) is 30.3 Å². The summed E-state index contributed by atoms with van der Waals surface area (Å²) < 4.78 is 1.95. The Morgan fingerprint density at radius 2 is 1.87 bits per heavy atom. The lowest BCUT2D eigenvalue weighted by atomic mass is 10.1. The standard InChI is InChI=1S/C22H25N7O/c1-16-21(19-14-23-15-24-19)22-25-18(17-5-3-2-4-6-17)13-20(29(22)26-16)28-9-7-27(8-10-28)11-12-30/h2-6,13-15,30H,7-12H2,1H3,(H,23,24). The zero-order valence-corrected chi connectivity index (χ0v) is 17.0. The second kappa shape index (κ2) is 7.89. The lowest BCUT2D eigenvalue weighted by Gasteiger charge is -2.35. The van der Waals surface area contributed by atoms with Crippen molar-refractivity contribution in [2.45, 2.75) is 6.92 Å². The van der Waals surface area contributed by atoms with Crippen molar-refractivity contribution in [2.75, 3.05) is 44.2 Å². The van der Waals surface area contributed by atoms with Crippen molar-refractivity contribution in [3.63, 3.8) is 0 Å². The SMILES string of the molecule is Cc1nn2c(N3CCN(CCO)CC3)cc(-c3ccccc3)nc2c1-c1c[nH]cn1. The number of hydrogen-bond acceptors (Lipinski definition) is 6. The fraction of sp³-hybridized carbons (Fsp3) is 0.318. The van der Waals surface area contributed by atoms with Gasteiger partial charge >= 0.3 is 0 Å². The second-order valence-electron chi connectivity index (χ2n) is 7.57. The monoisotopic (exact) mass is 403 g/mol. The molecule has 0 aliphatic carbocycles. The Bertz CT molecular complexity index is 1130. The van der Waals surface area contributed by atoms with Gasteiger partial charge in [-0.05, 0) is 6.92 Å². The van der Waals surface area contributed by atoms with Crippen LogP contribution in [0, 0.1) is 6.92 Å². The number of benzene rings is 1. The van der Waals surface area contributed by atoms with Crippen molar-refractivity contribution < 1.29 is 5.11 Å². The number of imidazole rings is 1. The van der Waals surface area contributed by atoms with E-state index in [0.29, 0.717) is 0 Å². The molecule has 1 aliphatic heterocycles. The highest BCUT2D eigenvalue weighted by molar-refractivity contribution is 5.81. The molecule has 8 nitrogen and oxygen atoms in total. The number of nitrogens with one attached hydrogen (secondary N) is 1. The van der Waals surface area contributed by atoms with Crippen LogP contribution in [0.15, 0.2) is 48.9 Å². The summed E-state index contributed by atoms with van der Waals surface area (Å²) in [5.74, 6) is 1.03. The molecule has 2 N–H and O–H groups in total. The predicted octanol–water partition coefficient (Wildman–Crippen LogP) is 2.21. The summed E-state index contributed by atoms with van der Waals surface area (Å²) >= 11 is 0. The van der Waals surface area contributed by atoms with Crippen LogP contribution in [0.25, 0.3) is 28.2 Å². The number of aromatic nitrogens is 5. The quantitative estimate of drug-likeness (QED) is 0.531. The maximum Gasteiger partial charge on any atom is 0.167 e. The molecule has 1 aromatic carbocycles. The number of rotatable bonds is 5. The van der Waals surface area contributed by atoms with Gasteiger partial charge in [0.25, 0.3) is 0 Å². The van der Waals surface area contributed by atoms with Crippen molar-refractivity contribution in [3.05, 3.63) is 54.6 Å². The number of aliphatic hydroxyl groups excluding tert-OH is 1. The zero-order chi connectivity index (χ0) is 20.5. The number of aryl methyl sites for hydroxylation is 1. The molecule has 30 heavy (non-hydrogen) atoms. The number of anilines is 1. The van der Waals surface area contributed by atoms with Crippen molar-refractivity contribution in [1.29, 1.82) is 0 Å². The Morgan fingerprint density at radius 1 is 1.07 bits per heavy atom. The summed E-state index contributed by atoms with van der Waals surface area (Å²) in [4.78, 5) is 17.1. The zero-order valence-electron chi connectivity index (χ0n) is 17.0. The van der Waals surface area contributed by atoms with E-state index in [-0.39, 0.29) is 6.61 Å². The van der Waals surface area contributed by atoms with Crippen LogP contribution < -0.4 is 4.90 Å². The molecule has 0 atom stereocenters. The molecule has 0 amide bonds.